The highest BCUT2D eigenvalue weighted by Crippen LogP contribution is 2.10. The zero-order chi connectivity index (χ0) is 15.1. The third-order valence-corrected chi connectivity index (χ3v) is 3.47. The third-order valence-electron chi connectivity index (χ3n) is 3.47. The summed E-state index contributed by atoms with van der Waals surface area (Å²) in [4.78, 5) is 11.9. The Labute approximate surface area is 124 Å². The van der Waals surface area contributed by atoms with Crippen LogP contribution in [0.3, 0.4) is 0 Å². The lowest BCUT2D eigenvalue weighted by atomic mass is 10.0. The standard InChI is InChI=1S/C15H22N2O4/c16-9-14(18)13(8-11-4-2-1-3-5-11)17-15(19)21-12-6-7-20-10-12/h1-5,12-14,18H,6-10,16H2,(H,17,19). The van der Waals surface area contributed by atoms with Crippen LogP contribution in [0.1, 0.15) is 12.0 Å². The molecule has 0 aromatic heterocycles. The molecular formula is C15H22N2O4. The van der Waals surface area contributed by atoms with E-state index in [9.17, 15) is 9.90 Å². The number of aliphatic hydroxyl groups is 1. The molecule has 6 nitrogen and oxygen atoms in total. The van der Waals surface area contributed by atoms with Gasteiger partial charge in [-0.1, -0.05) is 30.3 Å². The number of ether oxygens (including phenoxy) is 2. The molecule has 4 N–H and O–H groups in total. The maximum Gasteiger partial charge on any atom is 0.407 e. The minimum atomic E-state index is -0.822. The van der Waals surface area contributed by atoms with Crippen LogP contribution in [0.25, 0.3) is 0 Å². The molecular weight excluding hydrogens is 272 g/mol. The molecule has 0 bridgehead atoms. The van der Waals surface area contributed by atoms with Crippen LogP contribution >= 0.6 is 0 Å². The third kappa shape index (κ3) is 5.00. The van der Waals surface area contributed by atoms with Crippen molar-refractivity contribution in [3.8, 4) is 0 Å². The minimum absolute atomic E-state index is 0.0737. The van der Waals surface area contributed by atoms with E-state index in [0.717, 1.165) is 5.56 Å². The van der Waals surface area contributed by atoms with E-state index < -0.39 is 18.2 Å². The second-order valence-corrected chi connectivity index (χ2v) is 5.13. The first-order chi connectivity index (χ1) is 10.2. The quantitative estimate of drug-likeness (QED) is 0.707. The van der Waals surface area contributed by atoms with Crippen LogP contribution in [0.5, 0.6) is 0 Å². The van der Waals surface area contributed by atoms with E-state index in [1.807, 2.05) is 30.3 Å². The Balaban J connectivity index is 1.90. The molecule has 0 saturated carbocycles. The van der Waals surface area contributed by atoms with E-state index in [-0.39, 0.29) is 12.6 Å². The Kier molecular flexibility index (Phi) is 5.98. The van der Waals surface area contributed by atoms with Crippen molar-refractivity contribution in [2.75, 3.05) is 19.8 Å². The van der Waals surface area contributed by atoms with Gasteiger partial charge < -0.3 is 25.6 Å². The lowest BCUT2D eigenvalue weighted by molar-refractivity contribution is 0.0704. The summed E-state index contributed by atoms with van der Waals surface area (Å²) >= 11 is 0. The number of alkyl carbamates (subject to hydrolysis) is 1. The van der Waals surface area contributed by atoms with Crippen LogP contribution in [-0.2, 0) is 15.9 Å². The summed E-state index contributed by atoms with van der Waals surface area (Å²) in [5.41, 5.74) is 6.52. The monoisotopic (exact) mass is 294 g/mol. The molecule has 0 radical (unpaired) electrons. The Bertz CT molecular complexity index is 435. The Morgan fingerprint density at radius 1 is 1.48 bits per heavy atom. The van der Waals surface area contributed by atoms with Crippen LogP contribution in [0.15, 0.2) is 30.3 Å². The molecule has 1 aliphatic heterocycles. The molecule has 0 spiro atoms. The maximum absolute atomic E-state index is 11.9. The molecule has 1 amide bonds. The Morgan fingerprint density at radius 2 is 2.24 bits per heavy atom. The normalized spacial score (nSPS) is 20.8. The highest BCUT2D eigenvalue weighted by molar-refractivity contribution is 5.68. The van der Waals surface area contributed by atoms with Crippen molar-refractivity contribution in [2.24, 2.45) is 5.73 Å². The maximum atomic E-state index is 11.9. The zero-order valence-electron chi connectivity index (χ0n) is 11.9. The number of carbonyl (C=O) groups is 1. The molecule has 3 unspecified atom stereocenters. The van der Waals surface area contributed by atoms with Gasteiger partial charge in [-0.3, -0.25) is 0 Å². The van der Waals surface area contributed by atoms with Crippen LogP contribution in [0.4, 0.5) is 4.79 Å². The van der Waals surface area contributed by atoms with Gasteiger partial charge in [0.1, 0.15) is 6.10 Å². The number of carbonyl (C=O) groups excluding carboxylic acids is 1. The number of benzene rings is 1. The van der Waals surface area contributed by atoms with Gasteiger partial charge in [-0.25, -0.2) is 4.79 Å². The highest BCUT2D eigenvalue weighted by atomic mass is 16.6. The van der Waals surface area contributed by atoms with Gasteiger partial charge in [0.25, 0.3) is 0 Å². The molecule has 21 heavy (non-hydrogen) atoms. The molecule has 1 aromatic carbocycles. The lowest BCUT2D eigenvalue weighted by Gasteiger charge is -2.23. The average Bonchev–Trinajstić information content (AvgIpc) is 2.99. The first-order valence-corrected chi connectivity index (χ1v) is 7.16. The molecule has 1 aliphatic rings. The number of rotatable bonds is 6. The molecule has 6 heteroatoms. The molecule has 3 atom stereocenters. The summed E-state index contributed by atoms with van der Waals surface area (Å²) < 4.78 is 10.4. The summed E-state index contributed by atoms with van der Waals surface area (Å²) in [5, 5.41) is 12.7. The second kappa shape index (κ2) is 7.97. The zero-order valence-corrected chi connectivity index (χ0v) is 11.9. The van der Waals surface area contributed by atoms with Crippen LogP contribution in [0.2, 0.25) is 0 Å². The summed E-state index contributed by atoms with van der Waals surface area (Å²) in [6, 6.07) is 9.14. The predicted octanol–water partition coefficient (Wildman–Crippen LogP) is 0.432. The topological polar surface area (TPSA) is 93.8 Å². The lowest BCUT2D eigenvalue weighted by Crippen LogP contribution is -2.48. The van der Waals surface area contributed by atoms with Crippen molar-refractivity contribution in [2.45, 2.75) is 31.1 Å². The van der Waals surface area contributed by atoms with Crippen LogP contribution in [-0.4, -0.2) is 49.2 Å². The molecule has 1 aromatic rings. The van der Waals surface area contributed by atoms with Gasteiger partial charge in [-0.15, -0.1) is 0 Å². The molecule has 2 rings (SSSR count). The van der Waals surface area contributed by atoms with Crippen molar-refractivity contribution in [3.63, 3.8) is 0 Å². The van der Waals surface area contributed by atoms with E-state index in [0.29, 0.717) is 26.1 Å². The number of hydrogen-bond acceptors (Lipinski definition) is 5. The average molecular weight is 294 g/mol. The van der Waals surface area contributed by atoms with Crippen LogP contribution in [0, 0.1) is 0 Å². The van der Waals surface area contributed by atoms with Crippen LogP contribution < -0.4 is 11.1 Å². The summed E-state index contributed by atoms with van der Waals surface area (Å²) in [7, 11) is 0. The Morgan fingerprint density at radius 3 is 2.86 bits per heavy atom. The minimum Gasteiger partial charge on any atom is -0.444 e. The fourth-order valence-corrected chi connectivity index (χ4v) is 2.26. The van der Waals surface area contributed by atoms with Gasteiger partial charge in [-0.2, -0.15) is 0 Å². The van der Waals surface area contributed by atoms with Crippen molar-refractivity contribution in [1.29, 1.82) is 0 Å². The van der Waals surface area contributed by atoms with Gasteiger partial charge in [-0.05, 0) is 12.0 Å². The summed E-state index contributed by atoms with van der Waals surface area (Å²) in [5.74, 6) is 0. The van der Waals surface area contributed by atoms with Crippen molar-refractivity contribution >= 4 is 6.09 Å². The molecule has 1 saturated heterocycles. The van der Waals surface area contributed by atoms with Crippen molar-refractivity contribution in [1.82, 2.24) is 5.32 Å². The summed E-state index contributed by atoms with van der Waals surface area (Å²) in [6.07, 6.45) is -0.375. The van der Waals surface area contributed by atoms with Gasteiger partial charge in [0.05, 0.1) is 25.4 Å². The number of aliphatic hydroxyl groups excluding tert-OH is 1. The molecule has 1 fully saturated rings. The number of amides is 1. The first-order valence-electron chi connectivity index (χ1n) is 7.16. The van der Waals surface area contributed by atoms with Crippen molar-refractivity contribution in [3.05, 3.63) is 35.9 Å². The van der Waals surface area contributed by atoms with Gasteiger partial charge in [0.2, 0.25) is 0 Å². The van der Waals surface area contributed by atoms with Gasteiger partial charge >= 0.3 is 6.09 Å². The number of nitrogens with one attached hydrogen (secondary N) is 1. The van der Waals surface area contributed by atoms with Gasteiger partial charge in [0.15, 0.2) is 0 Å². The van der Waals surface area contributed by atoms with E-state index in [4.69, 9.17) is 15.2 Å². The fourth-order valence-electron chi connectivity index (χ4n) is 2.26. The number of hydrogen-bond donors (Lipinski definition) is 3. The fraction of sp³-hybridized carbons (Fsp3) is 0.533. The Hall–Kier alpha value is -1.63. The van der Waals surface area contributed by atoms with E-state index >= 15 is 0 Å². The van der Waals surface area contributed by atoms with E-state index in [1.54, 1.807) is 0 Å². The second-order valence-electron chi connectivity index (χ2n) is 5.13. The smallest absolute Gasteiger partial charge is 0.407 e. The highest BCUT2D eigenvalue weighted by Gasteiger charge is 2.24. The van der Waals surface area contributed by atoms with E-state index in [1.165, 1.54) is 0 Å². The van der Waals surface area contributed by atoms with E-state index in [2.05, 4.69) is 5.32 Å². The van der Waals surface area contributed by atoms with Gasteiger partial charge in [0, 0.05) is 13.0 Å². The molecule has 0 aliphatic carbocycles. The number of nitrogens with two attached hydrogens (primary N) is 1. The largest absolute Gasteiger partial charge is 0.444 e. The SMILES string of the molecule is NCC(O)C(Cc1ccccc1)NC(=O)OC1CCOC1. The molecule has 1 heterocycles. The predicted molar refractivity (Wildman–Crippen MR) is 77.8 cm³/mol. The van der Waals surface area contributed by atoms with Crippen molar-refractivity contribution < 1.29 is 19.4 Å². The first kappa shape index (κ1) is 15.8. The molecule has 116 valence electrons. The summed E-state index contributed by atoms with van der Waals surface area (Å²) in [6.45, 7) is 1.11.